The minimum Gasteiger partial charge on any atom is -0.322 e. The van der Waals surface area contributed by atoms with Crippen LogP contribution in [-0.2, 0) is 14.8 Å². The van der Waals surface area contributed by atoms with E-state index in [9.17, 15) is 18.0 Å². The van der Waals surface area contributed by atoms with Crippen molar-refractivity contribution >= 4 is 44.8 Å². The summed E-state index contributed by atoms with van der Waals surface area (Å²) in [5, 5.41) is 8.28. The molecular formula is C21H16ClN3O4S. The number of amides is 2. The van der Waals surface area contributed by atoms with Gasteiger partial charge in [0.05, 0.1) is 16.3 Å². The van der Waals surface area contributed by atoms with E-state index in [4.69, 9.17) is 16.7 Å². The molecule has 0 spiro atoms. The predicted molar refractivity (Wildman–Crippen MR) is 114 cm³/mol. The zero-order valence-corrected chi connectivity index (χ0v) is 17.0. The lowest BCUT2D eigenvalue weighted by Crippen LogP contribution is -2.45. The number of carbonyl (C=O) groups excluding carboxylic acids is 2. The molecule has 0 fully saturated rings. The number of nitrogens with one attached hydrogen (secondary N) is 1. The molecule has 3 aromatic rings. The molecule has 0 radical (unpaired) electrons. The predicted octanol–water partition coefficient (Wildman–Crippen LogP) is 3.33. The van der Waals surface area contributed by atoms with E-state index in [0.29, 0.717) is 21.8 Å². The van der Waals surface area contributed by atoms with Crippen molar-refractivity contribution in [1.82, 2.24) is 0 Å². The maximum absolute atomic E-state index is 13.5. The van der Waals surface area contributed by atoms with Crippen molar-refractivity contribution < 1.29 is 18.0 Å². The summed E-state index contributed by atoms with van der Waals surface area (Å²) < 4.78 is 23.5. The fourth-order valence-electron chi connectivity index (χ4n) is 3.38. The van der Waals surface area contributed by atoms with E-state index >= 15 is 0 Å². The number of fused-ring (bicyclic) bond motifs is 1. The third kappa shape index (κ3) is 3.68. The minimum absolute atomic E-state index is 0.171. The fourth-order valence-corrected chi connectivity index (χ4v) is 4.11. The van der Waals surface area contributed by atoms with Crippen LogP contribution in [0.25, 0.3) is 0 Å². The van der Waals surface area contributed by atoms with Gasteiger partial charge in [-0.15, -0.1) is 0 Å². The van der Waals surface area contributed by atoms with E-state index in [1.54, 1.807) is 48.5 Å². The van der Waals surface area contributed by atoms with Gasteiger partial charge in [-0.2, -0.15) is 0 Å². The zero-order valence-electron chi connectivity index (χ0n) is 15.4. The van der Waals surface area contributed by atoms with Crippen LogP contribution in [-0.4, -0.2) is 20.2 Å². The molecule has 3 aromatic carbocycles. The molecule has 7 nitrogen and oxygen atoms in total. The van der Waals surface area contributed by atoms with Gasteiger partial charge in [0, 0.05) is 10.6 Å². The number of benzene rings is 3. The normalized spacial score (nSPS) is 16.0. The van der Waals surface area contributed by atoms with Gasteiger partial charge in [-0.05, 0) is 42.0 Å². The molecule has 1 aliphatic rings. The molecule has 0 saturated carbocycles. The van der Waals surface area contributed by atoms with Gasteiger partial charge in [-0.25, -0.2) is 13.6 Å². The summed E-state index contributed by atoms with van der Waals surface area (Å²) >= 11 is 6.05. The quantitative estimate of drug-likeness (QED) is 0.649. The summed E-state index contributed by atoms with van der Waals surface area (Å²) in [5.74, 6) is -0.929. The standard InChI is InChI=1S/C21H16ClN3O4S/c22-15-8-4-7-14(11-15)21(27)25-18-10-9-16(30(23,28)29)12-17(18)24-20(26)19(25)13-5-2-1-3-6-13/h1-12,19H,(H,24,26)(H2,23,28,29). The SMILES string of the molecule is NS(=O)(=O)c1ccc2c(c1)NC(=O)C(c1ccccc1)N2C(=O)c1cccc(Cl)c1. The highest BCUT2D eigenvalue weighted by Gasteiger charge is 2.38. The first kappa shape index (κ1) is 20.1. The Labute approximate surface area is 178 Å². The molecular weight excluding hydrogens is 426 g/mol. The number of primary sulfonamides is 1. The van der Waals surface area contributed by atoms with Crippen molar-refractivity contribution in [1.29, 1.82) is 0 Å². The third-order valence-corrected chi connectivity index (χ3v) is 5.87. The van der Waals surface area contributed by atoms with Gasteiger partial charge in [0.2, 0.25) is 10.0 Å². The number of hydrogen-bond acceptors (Lipinski definition) is 4. The average Bonchev–Trinajstić information content (AvgIpc) is 2.71. The molecule has 0 aliphatic carbocycles. The summed E-state index contributed by atoms with van der Waals surface area (Å²) in [4.78, 5) is 27.7. The summed E-state index contributed by atoms with van der Waals surface area (Å²) in [6, 6.07) is 18.3. The molecule has 4 rings (SSSR count). The highest BCUT2D eigenvalue weighted by molar-refractivity contribution is 7.89. The van der Waals surface area contributed by atoms with Crippen LogP contribution in [0.3, 0.4) is 0 Å². The lowest BCUT2D eigenvalue weighted by Gasteiger charge is -2.37. The number of hydrogen-bond donors (Lipinski definition) is 2. The van der Waals surface area contributed by atoms with Crippen molar-refractivity contribution in [2.24, 2.45) is 5.14 Å². The topological polar surface area (TPSA) is 110 Å². The largest absolute Gasteiger partial charge is 0.322 e. The van der Waals surface area contributed by atoms with Gasteiger partial charge in [0.15, 0.2) is 0 Å². The molecule has 0 bridgehead atoms. The zero-order chi connectivity index (χ0) is 21.5. The Kier molecular flexibility index (Phi) is 5.07. The number of nitrogens with zero attached hydrogens (tertiary/aromatic N) is 1. The third-order valence-electron chi connectivity index (χ3n) is 4.73. The van der Waals surface area contributed by atoms with Gasteiger partial charge in [0.25, 0.3) is 11.8 Å². The second-order valence-electron chi connectivity index (χ2n) is 6.71. The molecule has 3 N–H and O–H groups in total. The van der Waals surface area contributed by atoms with Crippen LogP contribution in [0.4, 0.5) is 11.4 Å². The Balaban J connectivity index is 1.91. The Bertz CT molecular complexity index is 1260. The molecule has 1 unspecified atom stereocenters. The molecule has 1 aliphatic heterocycles. The molecule has 152 valence electrons. The van der Waals surface area contributed by atoms with Gasteiger partial charge in [-0.1, -0.05) is 48.0 Å². The van der Waals surface area contributed by atoms with E-state index in [1.165, 1.54) is 29.2 Å². The van der Waals surface area contributed by atoms with Crippen LogP contribution >= 0.6 is 11.6 Å². The summed E-state index contributed by atoms with van der Waals surface area (Å²) in [5.41, 5.74) is 1.42. The van der Waals surface area contributed by atoms with Gasteiger partial charge in [-0.3, -0.25) is 14.5 Å². The summed E-state index contributed by atoms with van der Waals surface area (Å²) in [6.45, 7) is 0. The second kappa shape index (κ2) is 7.56. The summed E-state index contributed by atoms with van der Waals surface area (Å²) in [7, 11) is -3.99. The first-order valence-corrected chi connectivity index (χ1v) is 10.8. The molecule has 0 aromatic heterocycles. The number of halogens is 1. The highest BCUT2D eigenvalue weighted by atomic mass is 35.5. The van der Waals surface area contributed by atoms with Crippen molar-refractivity contribution in [3.63, 3.8) is 0 Å². The van der Waals surface area contributed by atoms with Crippen LogP contribution in [0.15, 0.2) is 77.7 Å². The monoisotopic (exact) mass is 441 g/mol. The molecule has 30 heavy (non-hydrogen) atoms. The minimum atomic E-state index is -3.99. The van der Waals surface area contributed by atoms with Crippen LogP contribution in [0.5, 0.6) is 0 Å². The van der Waals surface area contributed by atoms with Crippen molar-refractivity contribution in [3.8, 4) is 0 Å². The van der Waals surface area contributed by atoms with E-state index in [2.05, 4.69) is 5.32 Å². The van der Waals surface area contributed by atoms with Crippen LogP contribution in [0, 0.1) is 0 Å². The average molecular weight is 442 g/mol. The van der Waals surface area contributed by atoms with E-state index in [0.717, 1.165) is 0 Å². The maximum atomic E-state index is 13.5. The van der Waals surface area contributed by atoms with Gasteiger partial charge < -0.3 is 5.32 Å². The van der Waals surface area contributed by atoms with E-state index in [-0.39, 0.29) is 10.6 Å². The van der Waals surface area contributed by atoms with Crippen molar-refractivity contribution in [2.45, 2.75) is 10.9 Å². The lowest BCUT2D eigenvalue weighted by atomic mass is 9.99. The molecule has 1 atom stereocenters. The van der Waals surface area contributed by atoms with Crippen LogP contribution < -0.4 is 15.4 Å². The number of anilines is 2. The first-order chi connectivity index (χ1) is 14.3. The Morgan fingerprint density at radius 1 is 1.00 bits per heavy atom. The number of nitrogens with two attached hydrogens (primary N) is 1. The van der Waals surface area contributed by atoms with Gasteiger partial charge in [0.1, 0.15) is 6.04 Å². The van der Waals surface area contributed by atoms with Crippen molar-refractivity contribution in [3.05, 3.63) is 88.9 Å². The second-order valence-corrected chi connectivity index (χ2v) is 8.71. The fraction of sp³-hybridized carbons (Fsp3) is 0.0476. The van der Waals surface area contributed by atoms with E-state index in [1.807, 2.05) is 0 Å². The maximum Gasteiger partial charge on any atom is 0.259 e. The van der Waals surface area contributed by atoms with Gasteiger partial charge >= 0.3 is 0 Å². The van der Waals surface area contributed by atoms with Crippen LogP contribution in [0.2, 0.25) is 5.02 Å². The summed E-state index contributed by atoms with van der Waals surface area (Å²) in [6.07, 6.45) is 0. The van der Waals surface area contributed by atoms with Crippen LogP contribution in [0.1, 0.15) is 22.0 Å². The molecule has 0 saturated heterocycles. The van der Waals surface area contributed by atoms with E-state index < -0.39 is 27.9 Å². The Hall–Kier alpha value is -3.20. The number of carbonyl (C=O) groups is 2. The number of sulfonamides is 1. The first-order valence-electron chi connectivity index (χ1n) is 8.87. The number of rotatable bonds is 3. The smallest absolute Gasteiger partial charge is 0.259 e. The highest BCUT2D eigenvalue weighted by Crippen LogP contribution is 2.40. The molecule has 9 heteroatoms. The Morgan fingerprint density at radius 3 is 2.40 bits per heavy atom. The Morgan fingerprint density at radius 2 is 1.73 bits per heavy atom. The lowest BCUT2D eigenvalue weighted by molar-refractivity contribution is -0.117. The van der Waals surface area contributed by atoms with Crippen molar-refractivity contribution in [2.75, 3.05) is 10.2 Å². The molecule has 1 heterocycles. The molecule has 2 amide bonds.